The number of nitrogens with one attached hydrogen (secondary N) is 2. The van der Waals surface area contributed by atoms with Gasteiger partial charge in [-0.3, -0.25) is 9.89 Å². The maximum absolute atomic E-state index is 10.7. The van der Waals surface area contributed by atoms with Gasteiger partial charge in [-0.2, -0.15) is 0 Å². The Morgan fingerprint density at radius 1 is 1.32 bits per heavy atom. The van der Waals surface area contributed by atoms with Crippen molar-refractivity contribution in [1.82, 2.24) is 15.5 Å². The molecule has 2 aliphatic rings. The third-order valence-corrected chi connectivity index (χ3v) is 4.71. The number of morpholine rings is 1. The smallest absolute Gasteiger partial charge is 0.191 e. The van der Waals surface area contributed by atoms with E-state index in [1.54, 1.807) is 5.57 Å². The number of allylic oxidation sites excluding steroid dienone is 1. The summed E-state index contributed by atoms with van der Waals surface area (Å²) in [7, 11) is 0. The zero-order valence-electron chi connectivity index (χ0n) is 16.0. The van der Waals surface area contributed by atoms with Crippen LogP contribution in [0, 0.1) is 0 Å². The highest BCUT2D eigenvalue weighted by atomic mass is 16.5. The summed E-state index contributed by atoms with van der Waals surface area (Å²) < 4.78 is 5.36. The average Bonchev–Trinajstić information content (AvgIpc) is 2.61. The third-order valence-electron chi connectivity index (χ3n) is 4.71. The maximum atomic E-state index is 10.7. The molecule has 3 N–H and O–H groups in total. The van der Waals surface area contributed by atoms with Crippen molar-refractivity contribution in [1.29, 1.82) is 0 Å². The van der Waals surface area contributed by atoms with Gasteiger partial charge in [-0.1, -0.05) is 11.6 Å². The lowest BCUT2D eigenvalue weighted by molar-refractivity contribution is -0.0179. The lowest BCUT2D eigenvalue weighted by Gasteiger charge is -2.33. The molecule has 0 aromatic heterocycles. The van der Waals surface area contributed by atoms with Gasteiger partial charge in [-0.05, 0) is 46.0 Å². The van der Waals surface area contributed by atoms with Crippen LogP contribution in [0.3, 0.4) is 0 Å². The number of hydrogen-bond acceptors (Lipinski definition) is 4. The van der Waals surface area contributed by atoms with Gasteiger partial charge < -0.3 is 20.5 Å². The molecule has 6 heteroatoms. The van der Waals surface area contributed by atoms with Crippen molar-refractivity contribution in [2.75, 3.05) is 52.5 Å². The van der Waals surface area contributed by atoms with Gasteiger partial charge in [-0.25, -0.2) is 0 Å². The van der Waals surface area contributed by atoms with Crippen LogP contribution in [-0.4, -0.2) is 74.0 Å². The second kappa shape index (κ2) is 10.8. The zero-order valence-corrected chi connectivity index (χ0v) is 16.0. The van der Waals surface area contributed by atoms with E-state index in [2.05, 4.69) is 33.5 Å². The minimum atomic E-state index is -0.828. The van der Waals surface area contributed by atoms with Crippen molar-refractivity contribution in [3.8, 4) is 0 Å². The van der Waals surface area contributed by atoms with Gasteiger partial charge in [0.2, 0.25) is 0 Å². The number of rotatable bonds is 8. The van der Waals surface area contributed by atoms with Gasteiger partial charge >= 0.3 is 0 Å². The molecule has 25 heavy (non-hydrogen) atoms. The third kappa shape index (κ3) is 8.21. The van der Waals surface area contributed by atoms with Crippen molar-refractivity contribution in [3.05, 3.63) is 11.6 Å². The number of guanidine groups is 1. The van der Waals surface area contributed by atoms with Crippen LogP contribution in [0.1, 0.15) is 46.0 Å². The van der Waals surface area contributed by atoms with Crippen molar-refractivity contribution in [2.45, 2.75) is 51.6 Å². The summed E-state index contributed by atoms with van der Waals surface area (Å²) in [6, 6.07) is 0. The second-order valence-electron chi connectivity index (χ2n) is 7.37. The maximum Gasteiger partial charge on any atom is 0.191 e. The first-order valence-electron chi connectivity index (χ1n) is 9.81. The molecule has 1 aliphatic carbocycles. The highest BCUT2D eigenvalue weighted by Gasteiger charge is 2.25. The molecule has 144 valence electrons. The predicted molar refractivity (Wildman–Crippen MR) is 103 cm³/mol. The van der Waals surface area contributed by atoms with Crippen LogP contribution >= 0.6 is 0 Å². The molecule has 0 aromatic rings. The summed E-state index contributed by atoms with van der Waals surface area (Å²) in [6.07, 6.45) is 8.60. The van der Waals surface area contributed by atoms with E-state index in [1.165, 1.54) is 25.7 Å². The van der Waals surface area contributed by atoms with Crippen LogP contribution < -0.4 is 10.6 Å². The fourth-order valence-corrected chi connectivity index (χ4v) is 3.36. The summed E-state index contributed by atoms with van der Waals surface area (Å²) >= 11 is 0. The Labute approximate surface area is 152 Å². The van der Waals surface area contributed by atoms with Crippen LogP contribution in [0.2, 0.25) is 0 Å². The molecule has 1 saturated heterocycles. The largest absolute Gasteiger partial charge is 0.387 e. The molecule has 2 rings (SSSR count). The van der Waals surface area contributed by atoms with Crippen molar-refractivity contribution >= 4 is 5.96 Å². The fourth-order valence-electron chi connectivity index (χ4n) is 3.36. The Bertz CT molecular complexity index is 443. The SMILES string of the molecule is CCNC(=NCC(C)(O)CN1CCOCC1)NCCC1=CCCCC1. The first-order chi connectivity index (χ1) is 12.1. The van der Waals surface area contributed by atoms with E-state index < -0.39 is 5.60 Å². The number of β-amino-alcohol motifs (C(OH)–C–C–N with tert-alkyl or cyclic N) is 1. The summed E-state index contributed by atoms with van der Waals surface area (Å²) in [5.41, 5.74) is 0.736. The Balaban J connectivity index is 1.77. The molecule has 0 amide bonds. The number of ether oxygens (including phenoxy) is 1. The first-order valence-corrected chi connectivity index (χ1v) is 9.81. The van der Waals surface area contributed by atoms with E-state index in [1.807, 2.05) is 6.92 Å². The summed E-state index contributed by atoms with van der Waals surface area (Å²) in [4.78, 5) is 6.85. The first kappa shape index (κ1) is 20.2. The molecular formula is C19H36N4O2. The van der Waals surface area contributed by atoms with E-state index in [-0.39, 0.29) is 0 Å². The second-order valence-corrected chi connectivity index (χ2v) is 7.37. The average molecular weight is 353 g/mol. The van der Waals surface area contributed by atoms with Gasteiger partial charge in [0.1, 0.15) is 0 Å². The monoisotopic (exact) mass is 352 g/mol. The quantitative estimate of drug-likeness (QED) is 0.351. The summed E-state index contributed by atoms with van der Waals surface area (Å²) in [5.74, 6) is 0.793. The lowest BCUT2D eigenvalue weighted by atomic mass is 9.97. The summed E-state index contributed by atoms with van der Waals surface area (Å²) in [6.45, 7) is 9.92. The van der Waals surface area contributed by atoms with Gasteiger partial charge in [0.15, 0.2) is 5.96 Å². The predicted octanol–water partition coefficient (Wildman–Crippen LogP) is 1.52. The van der Waals surface area contributed by atoms with Gasteiger partial charge in [0.05, 0.1) is 25.4 Å². The molecule has 0 radical (unpaired) electrons. The normalized spacial score (nSPS) is 22.2. The molecule has 1 heterocycles. The van der Waals surface area contributed by atoms with E-state index in [4.69, 9.17) is 4.74 Å². The lowest BCUT2D eigenvalue weighted by Crippen LogP contribution is -2.48. The minimum Gasteiger partial charge on any atom is -0.387 e. The molecule has 0 aromatic carbocycles. The van der Waals surface area contributed by atoms with Crippen molar-refractivity contribution < 1.29 is 9.84 Å². The fraction of sp³-hybridized carbons (Fsp3) is 0.842. The van der Waals surface area contributed by atoms with Crippen molar-refractivity contribution in [3.63, 3.8) is 0 Å². The molecule has 0 saturated carbocycles. The molecule has 1 unspecified atom stereocenters. The minimum absolute atomic E-state index is 0.391. The molecule has 0 spiro atoms. The summed E-state index contributed by atoms with van der Waals surface area (Å²) in [5, 5.41) is 17.3. The van der Waals surface area contributed by atoms with E-state index in [0.29, 0.717) is 13.1 Å². The number of aliphatic imine (C=N–C) groups is 1. The van der Waals surface area contributed by atoms with Crippen molar-refractivity contribution in [2.24, 2.45) is 4.99 Å². The number of hydrogen-bond donors (Lipinski definition) is 3. The molecule has 1 fully saturated rings. The molecule has 0 bridgehead atoms. The van der Waals surface area contributed by atoms with Gasteiger partial charge in [0, 0.05) is 32.7 Å². The van der Waals surface area contributed by atoms with E-state index in [0.717, 1.165) is 51.8 Å². The Morgan fingerprint density at radius 3 is 2.80 bits per heavy atom. The molecule has 1 atom stereocenters. The molecule has 1 aliphatic heterocycles. The topological polar surface area (TPSA) is 69.1 Å². The van der Waals surface area contributed by atoms with Crippen LogP contribution in [0.25, 0.3) is 0 Å². The standard InChI is InChI=1S/C19H36N4O2/c1-3-20-18(21-10-9-17-7-5-4-6-8-17)22-15-19(2,24)16-23-11-13-25-14-12-23/h7,24H,3-6,8-16H2,1-2H3,(H2,20,21,22). The highest BCUT2D eigenvalue weighted by molar-refractivity contribution is 5.79. The Hall–Kier alpha value is -1.11. The number of nitrogens with zero attached hydrogens (tertiary/aromatic N) is 2. The van der Waals surface area contributed by atoms with Crippen LogP contribution in [-0.2, 0) is 4.74 Å². The van der Waals surface area contributed by atoms with Gasteiger partial charge in [-0.15, -0.1) is 0 Å². The molecule has 6 nitrogen and oxygen atoms in total. The van der Waals surface area contributed by atoms with Crippen LogP contribution in [0.5, 0.6) is 0 Å². The van der Waals surface area contributed by atoms with E-state index in [9.17, 15) is 5.11 Å². The molecular weight excluding hydrogens is 316 g/mol. The Morgan fingerprint density at radius 2 is 2.12 bits per heavy atom. The number of aliphatic hydroxyl groups is 1. The van der Waals surface area contributed by atoms with E-state index >= 15 is 0 Å². The van der Waals surface area contributed by atoms with Crippen LogP contribution in [0.15, 0.2) is 16.6 Å². The zero-order chi connectivity index (χ0) is 18.0. The highest BCUT2D eigenvalue weighted by Crippen LogP contribution is 2.19. The van der Waals surface area contributed by atoms with Gasteiger partial charge in [0.25, 0.3) is 0 Å². The van der Waals surface area contributed by atoms with Crippen LogP contribution in [0.4, 0.5) is 0 Å². The Kier molecular flexibility index (Phi) is 8.72.